The lowest BCUT2D eigenvalue weighted by molar-refractivity contribution is 0.0907. The molecular formula is C20H27N3O2. The van der Waals surface area contributed by atoms with E-state index in [9.17, 15) is 4.79 Å². The van der Waals surface area contributed by atoms with Crippen LogP contribution in [0, 0.1) is 19.8 Å². The zero-order valence-corrected chi connectivity index (χ0v) is 15.3. The first-order valence-electron chi connectivity index (χ1n) is 9.04. The zero-order valence-electron chi connectivity index (χ0n) is 15.3. The second-order valence-electron chi connectivity index (χ2n) is 7.06. The Kier molecular flexibility index (Phi) is 5.53. The Morgan fingerprint density at radius 1 is 1.32 bits per heavy atom. The molecule has 2 heterocycles. The SMILES string of the molecule is Cc1ccccc1[C@H](CNC(=O)c1ncoc1C)N1CCC(C)CC1. The summed E-state index contributed by atoms with van der Waals surface area (Å²) in [4.78, 5) is 18.9. The molecular weight excluding hydrogens is 314 g/mol. The summed E-state index contributed by atoms with van der Waals surface area (Å²) in [5.74, 6) is 1.16. The van der Waals surface area contributed by atoms with Crippen LogP contribution in [0.3, 0.4) is 0 Å². The van der Waals surface area contributed by atoms with Crippen LogP contribution in [0.5, 0.6) is 0 Å². The first kappa shape index (κ1) is 17.7. The Hall–Kier alpha value is -2.14. The van der Waals surface area contributed by atoms with Crippen molar-refractivity contribution in [1.82, 2.24) is 15.2 Å². The largest absolute Gasteiger partial charge is 0.448 e. The fraction of sp³-hybridized carbons (Fsp3) is 0.500. The molecule has 1 amide bonds. The molecule has 0 aliphatic carbocycles. The van der Waals surface area contributed by atoms with Crippen molar-refractivity contribution in [3.8, 4) is 0 Å². The summed E-state index contributed by atoms with van der Waals surface area (Å²) in [6, 6.07) is 8.63. The van der Waals surface area contributed by atoms with Crippen LogP contribution in [0.1, 0.15) is 53.2 Å². The molecule has 0 saturated carbocycles. The maximum atomic E-state index is 12.4. The van der Waals surface area contributed by atoms with E-state index in [0.717, 1.165) is 19.0 Å². The molecule has 5 heteroatoms. The molecule has 1 N–H and O–H groups in total. The Balaban J connectivity index is 1.76. The van der Waals surface area contributed by atoms with Gasteiger partial charge in [-0.1, -0.05) is 31.2 Å². The normalized spacial score (nSPS) is 17.4. The van der Waals surface area contributed by atoms with Gasteiger partial charge < -0.3 is 9.73 Å². The maximum absolute atomic E-state index is 12.4. The van der Waals surface area contributed by atoms with Gasteiger partial charge in [-0.15, -0.1) is 0 Å². The number of nitrogens with one attached hydrogen (secondary N) is 1. The summed E-state index contributed by atoms with van der Waals surface area (Å²) in [7, 11) is 0. The van der Waals surface area contributed by atoms with Gasteiger partial charge in [0.25, 0.3) is 5.91 Å². The molecule has 1 fully saturated rings. The number of aromatic nitrogens is 1. The van der Waals surface area contributed by atoms with E-state index in [4.69, 9.17) is 4.42 Å². The van der Waals surface area contributed by atoms with Crippen LogP contribution in [0.25, 0.3) is 0 Å². The molecule has 0 radical (unpaired) electrons. The maximum Gasteiger partial charge on any atom is 0.273 e. The molecule has 5 nitrogen and oxygen atoms in total. The van der Waals surface area contributed by atoms with Crippen LogP contribution in [-0.2, 0) is 0 Å². The smallest absolute Gasteiger partial charge is 0.273 e. The summed E-state index contributed by atoms with van der Waals surface area (Å²) in [6.07, 6.45) is 3.73. The Morgan fingerprint density at radius 2 is 2.04 bits per heavy atom. The van der Waals surface area contributed by atoms with Crippen molar-refractivity contribution in [2.45, 2.75) is 39.7 Å². The van der Waals surface area contributed by atoms with Gasteiger partial charge in [-0.05, 0) is 56.8 Å². The number of rotatable bonds is 5. The molecule has 3 rings (SSSR count). The van der Waals surface area contributed by atoms with E-state index in [1.54, 1.807) is 6.92 Å². The predicted octanol–water partition coefficient (Wildman–Crippen LogP) is 3.49. The topological polar surface area (TPSA) is 58.4 Å². The van der Waals surface area contributed by atoms with Gasteiger partial charge in [-0.25, -0.2) is 4.98 Å². The number of nitrogens with zero attached hydrogens (tertiary/aromatic N) is 2. The average Bonchev–Trinajstić information content (AvgIpc) is 3.04. The van der Waals surface area contributed by atoms with Crippen LogP contribution in [0.2, 0.25) is 0 Å². The van der Waals surface area contributed by atoms with Crippen molar-refractivity contribution in [3.63, 3.8) is 0 Å². The van der Waals surface area contributed by atoms with Crippen LogP contribution in [-0.4, -0.2) is 35.4 Å². The summed E-state index contributed by atoms with van der Waals surface area (Å²) in [5.41, 5.74) is 2.92. The van der Waals surface area contributed by atoms with E-state index in [0.29, 0.717) is 18.0 Å². The Morgan fingerprint density at radius 3 is 2.68 bits per heavy atom. The zero-order chi connectivity index (χ0) is 17.8. The van der Waals surface area contributed by atoms with Crippen LogP contribution in [0.15, 0.2) is 35.1 Å². The van der Waals surface area contributed by atoms with Crippen molar-refractivity contribution in [2.75, 3.05) is 19.6 Å². The van der Waals surface area contributed by atoms with Gasteiger partial charge in [0.2, 0.25) is 0 Å². The number of benzene rings is 1. The molecule has 1 atom stereocenters. The lowest BCUT2D eigenvalue weighted by atomic mass is 9.94. The third kappa shape index (κ3) is 4.10. The van der Waals surface area contributed by atoms with Gasteiger partial charge in [0.05, 0.1) is 6.04 Å². The third-order valence-electron chi connectivity index (χ3n) is 5.22. The molecule has 0 bridgehead atoms. The number of hydrogen-bond acceptors (Lipinski definition) is 4. The highest BCUT2D eigenvalue weighted by Crippen LogP contribution is 2.28. The van der Waals surface area contributed by atoms with Gasteiger partial charge in [0.15, 0.2) is 12.1 Å². The second kappa shape index (κ2) is 7.83. The van der Waals surface area contributed by atoms with Crippen LogP contribution < -0.4 is 5.32 Å². The quantitative estimate of drug-likeness (QED) is 0.904. The highest BCUT2D eigenvalue weighted by Gasteiger charge is 2.26. The number of likely N-dealkylation sites (tertiary alicyclic amines) is 1. The summed E-state index contributed by atoms with van der Waals surface area (Å²) >= 11 is 0. The fourth-order valence-electron chi connectivity index (χ4n) is 3.53. The van der Waals surface area contributed by atoms with Gasteiger partial charge in [-0.2, -0.15) is 0 Å². The van der Waals surface area contributed by atoms with Crippen molar-refractivity contribution < 1.29 is 9.21 Å². The van der Waals surface area contributed by atoms with E-state index in [1.165, 1.54) is 30.4 Å². The number of aryl methyl sites for hydroxylation is 2. The first-order chi connectivity index (χ1) is 12.1. The minimum Gasteiger partial charge on any atom is -0.448 e. The molecule has 134 valence electrons. The molecule has 25 heavy (non-hydrogen) atoms. The summed E-state index contributed by atoms with van der Waals surface area (Å²) in [5, 5.41) is 3.06. The monoisotopic (exact) mass is 341 g/mol. The number of oxazole rings is 1. The van der Waals surface area contributed by atoms with Crippen LogP contribution >= 0.6 is 0 Å². The number of carbonyl (C=O) groups excluding carboxylic acids is 1. The summed E-state index contributed by atoms with van der Waals surface area (Å²) in [6.45, 7) is 8.92. The molecule has 1 aromatic carbocycles. The lowest BCUT2D eigenvalue weighted by Gasteiger charge is -2.37. The van der Waals surface area contributed by atoms with E-state index in [2.05, 4.69) is 53.3 Å². The van der Waals surface area contributed by atoms with E-state index in [1.807, 2.05) is 0 Å². The molecule has 1 aromatic heterocycles. The third-order valence-corrected chi connectivity index (χ3v) is 5.22. The van der Waals surface area contributed by atoms with Gasteiger partial charge in [0.1, 0.15) is 5.76 Å². The standard InChI is InChI=1S/C20H27N3O2/c1-14-8-10-23(11-9-14)18(17-7-5-4-6-15(17)2)12-21-20(24)19-16(3)25-13-22-19/h4-7,13-14,18H,8-12H2,1-3H3,(H,21,24)/t18-/m0/s1. The Bertz CT molecular complexity index is 717. The first-order valence-corrected chi connectivity index (χ1v) is 9.04. The number of piperidine rings is 1. The van der Waals surface area contributed by atoms with Crippen LogP contribution in [0.4, 0.5) is 0 Å². The number of carbonyl (C=O) groups is 1. The number of amides is 1. The van der Waals surface area contributed by atoms with Gasteiger partial charge in [0, 0.05) is 6.54 Å². The summed E-state index contributed by atoms with van der Waals surface area (Å²) < 4.78 is 5.14. The molecule has 0 spiro atoms. The fourth-order valence-corrected chi connectivity index (χ4v) is 3.53. The van der Waals surface area contributed by atoms with Crippen molar-refractivity contribution >= 4 is 5.91 Å². The van der Waals surface area contributed by atoms with Gasteiger partial charge in [-0.3, -0.25) is 9.69 Å². The molecule has 1 aliphatic rings. The lowest BCUT2D eigenvalue weighted by Crippen LogP contribution is -2.42. The van der Waals surface area contributed by atoms with Gasteiger partial charge >= 0.3 is 0 Å². The minimum absolute atomic E-state index is 0.171. The van der Waals surface area contributed by atoms with Crippen molar-refractivity contribution in [1.29, 1.82) is 0 Å². The second-order valence-corrected chi connectivity index (χ2v) is 7.06. The van der Waals surface area contributed by atoms with E-state index in [-0.39, 0.29) is 11.9 Å². The van der Waals surface area contributed by atoms with E-state index >= 15 is 0 Å². The predicted molar refractivity (Wildman–Crippen MR) is 97.5 cm³/mol. The van der Waals surface area contributed by atoms with Crippen molar-refractivity contribution in [3.05, 3.63) is 53.2 Å². The Labute approximate surface area is 149 Å². The molecule has 1 saturated heterocycles. The molecule has 1 aliphatic heterocycles. The minimum atomic E-state index is -0.171. The number of hydrogen-bond donors (Lipinski definition) is 1. The highest BCUT2D eigenvalue weighted by molar-refractivity contribution is 5.93. The molecule has 0 unspecified atom stereocenters. The van der Waals surface area contributed by atoms with E-state index < -0.39 is 0 Å². The molecule has 2 aromatic rings. The highest BCUT2D eigenvalue weighted by atomic mass is 16.3. The van der Waals surface area contributed by atoms with Crippen molar-refractivity contribution in [2.24, 2.45) is 5.92 Å². The average molecular weight is 341 g/mol.